The molecule has 0 aliphatic heterocycles. The summed E-state index contributed by atoms with van der Waals surface area (Å²) in [5, 5.41) is 6.45. The molecule has 0 fully saturated rings. The lowest BCUT2D eigenvalue weighted by molar-refractivity contribution is -0.141. The van der Waals surface area contributed by atoms with Crippen LogP contribution in [0.15, 0.2) is 54.6 Å². The van der Waals surface area contributed by atoms with Crippen molar-refractivity contribution in [2.45, 2.75) is 12.6 Å². The highest BCUT2D eigenvalue weighted by Gasteiger charge is 2.35. The van der Waals surface area contributed by atoms with Gasteiger partial charge >= 0.3 is 6.18 Å². The predicted octanol–water partition coefficient (Wildman–Crippen LogP) is 3.18. The number of halogens is 3. The largest absolute Gasteiger partial charge is 0.497 e. The SMILES string of the molecule is COc1ccc(-n2nc(C(F)(F)F)cc2-c2ccc(CCNC(=O)CN)cc2)cc1. The Morgan fingerprint density at radius 1 is 1.13 bits per heavy atom. The summed E-state index contributed by atoms with van der Waals surface area (Å²) in [6, 6.07) is 14.7. The average molecular weight is 418 g/mol. The van der Waals surface area contributed by atoms with Crippen molar-refractivity contribution in [1.29, 1.82) is 0 Å². The Labute approximate surface area is 171 Å². The summed E-state index contributed by atoms with van der Waals surface area (Å²) in [5.74, 6) is 0.351. The molecule has 3 rings (SSSR count). The van der Waals surface area contributed by atoms with Gasteiger partial charge in [-0.3, -0.25) is 4.79 Å². The quantitative estimate of drug-likeness (QED) is 0.618. The molecule has 0 aliphatic rings. The van der Waals surface area contributed by atoms with Crippen LogP contribution in [0.2, 0.25) is 0 Å². The first-order valence-electron chi connectivity index (χ1n) is 9.19. The van der Waals surface area contributed by atoms with Crippen molar-refractivity contribution < 1.29 is 22.7 Å². The lowest BCUT2D eigenvalue weighted by Crippen LogP contribution is -2.31. The second kappa shape index (κ2) is 9.00. The highest BCUT2D eigenvalue weighted by Crippen LogP contribution is 2.33. The molecule has 0 bridgehead atoms. The van der Waals surface area contributed by atoms with Gasteiger partial charge in [0.25, 0.3) is 0 Å². The normalized spacial score (nSPS) is 11.4. The van der Waals surface area contributed by atoms with E-state index in [0.717, 1.165) is 11.6 Å². The van der Waals surface area contributed by atoms with Crippen LogP contribution in [0.25, 0.3) is 16.9 Å². The van der Waals surface area contributed by atoms with E-state index in [1.807, 2.05) is 12.1 Å². The molecule has 0 radical (unpaired) electrons. The second-order valence-corrected chi connectivity index (χ2v) is 6.52. The number of benzene rings is 2. The summed E-state index contributed by atoms with van der Waals surface area (Å²) in [5.41, 5.74) is 6.59. The van der Waals surface area contributed by atoms with E-state index in [0.29, 0.717) is 35.7 Å². The van der Waals surface area contributed by atoms with Gasteiger partial charge in [0, 0.05) is 12.1 Å². The number of nitrogens with one attached hydrogen (secondary N) is 1. The molecular formula is C21H21F3N4O2. The van der Waals surface area contributed by atoms with Crippen molar-refractivity contribution in [3.63, 3.8) is 0 Å². The Morgan fingerprint density at radius 3 is 2.37 bits per heavy atom. The van der Waals surface area contributed by atoms with E-state index in [1.54, 1.807) is 36.4 Å². The molecule has 0 spiro atoms. The molecule has 1 amide bonds. The Balaban J connectivity index is 1.90. The monoisotopic (exact) mass is 418 g/mol. The van der Waals surface area contributed by atoms with Gasteiger partial charge in [-0.25, -0.2) is 4.68 Å². The summed E-state index contributed by atoms with van der Waals surface area (Å²) >= 11 is 0. The van der Waals surface area contributed by atoms with Crippen LogP contribution in [-0.4, -0.2) is 35.9 Å². The fourth-order valence-electron chi connectivity index (χ4n) is 2.91. The Kier molecular flexibility index (Phi) is 6.41. The first-order valence-corrected chi connectivity index (χ1v) is 9.19. The minimum absolute atomic E-state index is 0.0736. The number of hydrogen-bond donors (Lipinski definition) is 2. The molecule has 0 aliphatic carbocycles. The maximum Gasteiger partial charge on any atom is 0.435 e. The fourth-order valence-corrected chi connectivity index (χ4v) is 2.91. The third kappa shape index (κ3) is 4.98. The zero-order valence-electron chi connectivity index (χ0n) is 16.2. The first-order chi connectivity index (χ1) is 14.3. The van der Waals surface area contributed by atoms with Crippen LogP contribution in [0.4, 0.5) is 13.2 Å². The van der Waals surface area contributed by atoms with Gasteiger partial charge in [0.15, 0.2) is 5.69 Å². The van der Waals surface area contributed by atoms with E-state index in [4.69, 9.17) is 10.5 Å². The zero-order valence-corrected chi connectivity index (χ0v) is 16.2. The number of nitrogens with zero attached hydrogens (tertiary/aromatic N) is 2. The van der Waals surface area contributed by atoms with E-state index in [-0.39, 0.29) is 12.5 Å². The third-order valence-corrected chi connectivity index (χ3v) is 4.49. The van der Waals surface area contributed by atoms with E-state index >= 15 is 0 Å². The molecule has 158 valence electrons. The van der Waals surface area contributed by atoms with Crippen molar-refractivity contribution in [2.24, 2.45) is 5.73 Å². The summed E-state index contributed by atoms with van der Waals surface area (Å²) < 4.78 is 46.2. The number of ether oxygens (including phenoxy) is 1. The highest BCUT2D eigenvalue weighted by molar-refractivity contribution is 5.77. The molecule has 2 aromatic carbocycles. The van der Waals surface area contributed by atoms with Crippen LogP contribution in [0, 0.1) is 0 Å². The van der Waals surface area contributed by atoms with Crippen LogP contribution >= 0.6 is 0 Å². The number of aromatic nitrogens is 2. The van der Waals surface area contributed by atoms with Gasteiger partial charge < -0.3 is 15.8 Å². The van der Waals surface area contributed by atoms with Crippen molar-refractivity contribution >= 4 is 5.91 Å². The number of methoxy groups -OCH3 is 1. The lowest BCUT2D eigenvalue weighted by atomic mass is 10.1. The molecule has 0 saturated heterocycles. The van der Waals surface area contributed by atoms with Gasteiger partial charge in [-0.1, -0.05) is 24.3 Å². The van der Waals surface area contributed by atoms with Crippen molar-refractivity contribution in [2.75, 3.05) is 20.2 Å². The summed E-state index contributed by atoms with van der Waals surface area (Å²) in [4.78, 5) is 11.2. The average Bonchev–Trinajstić information content (AvgIpc) is 3.20. The Morgan fingerprint density at radius 2 is 1.80 bits per heavy atom. The number of carbonyl (C=O) groups is 1. The van der Waals surface area contributed by atoms with Crippen LogP contribution in [-0.2, 0) is 17.4 Å². The smallest absolute Gasteiger partial charge is 0.435 e. The molecule has 6 nitrogen and oxygen atoms in total. The first kappa shape index (κ1) is 21.4. The molecule has 0 saturated carbocycles. The molecule has 0 atom stereocenters. The van der Waals surface area contributed by atoms with Gasteiger partial charge in [0.05, 0.1) is 25.0 Å². The number of hydrogen-bond acceptors (Lipinski definition) is 4. The molecule has 0 unspecified atom stereocenters. The number of rotatable bonds is 7. The summed E-state index contributed by atoms with van der Waals surface area (Å²) in [6.07, 6.45) is -3.98. The predicted molar refractivity (Wildman–Crippen MR) is 106 cm³/mol. The second-order valence-electron chi connectivity index (χ2n) is 6.52. The number of carbonyl (C=O) groups excluding carboxylic acids is 1. The van der Waals surface area contributed by atoms with E-state index in [2.05, 4.69) is 10.4 Å². The van der Waals surface area contributed by atoms with Crippen molar-refractivity contribution in [3.8, 4) is 22.7 Å². The summed E-state index contributed by atoms with van der Waals surface area (Å²) in [6.45, 7) is 0.354. The highest BCUT2D eigenvalue weighted by atomic mass is 19.4. The maximum atomic E-state index is 13.3. The van der Waals surface area contributed by atoms with E-state index in [1.165, 1.54) is 11.8 Å². The molecule has 3 aromatic rings. The van der Waals surface area contributed by atoms with Gasteiger partial charge in [-0.15, -0.1) is 0 Å². The summed E-state index contributed by atoms with van der Waals surface area (Å²) in [7, 11) is 1.51. The van der Waals surface area contributed by atoms with Crippen LogP contribution < -0.4 is 15.8 Å². The molecule has 1 aromatic heterocycles. The fraction of sp³-hybridized carbons (Fsp3) is 0.238. The minimum Gasteiger partial charge on any atom is -0.497 e. The zero-order chi connectivity index (χ0) is 21.7. The van der Waals surface area contributed by atoms with Crippen LogP contribution in [0.5, 0.6) is 5.75 Å². The van der Waals surface area contributed by atoms with Gasteiger partial charge in [0.2, 0.25) is 5.91 Å². The van der Waals surface area contributed by atoms with Gasteiger partial charge in [-0.05, 0) is 42.3 Å². The number of nitrogens with two attached hydrogens (primary N) is 1. The maximum absolute atomic E-state index is 13.3. The molecule has 30 heavy (non-hydrogen) atoms. The third-order valence-electron chi connectivity index (χ3n) is 4.49. The molecular weight excluding hydrogens is 397 g/mol. The number of amides is 1. The standard InChI is InChI=1S/C21H21F3N4O2/c1-30-17-8-6-16(7-9-17)28-18(12-19(27-28)21(22,23)24)15-4-2-14(3-5-15)10-11-26-20(29)13-25/h2-9,12H,10-11,13,25H2,1H3,(H,26,29). The minimum atomic E-state index is -4.56. The Hall–Kier alpha value is -3.33. The van der Waals surface area contributed by atoms with Gasteiger partial charge in [0.1, 0.15) is 5.75 Å². The molecule has 1 heterocycles. The van der Waals surface area contributed by atoms with Crippen LogP contribution in [0.1, 0.15) is 11.3 Å². The van der Waals surface area contributed by atoms with Crippen molar-refractivity contribution in [3.05, 3.63) is 65.9 Å². The van der Waals surface area contributed by atoms with E-state index < -0.39 is 11.9 Å². The molecule has 9 heteroatoms. The number of alkyl halides is 3. The van der Waals surface area contributed by atoms with Gasteiger partial charge in [-0.2, -0.15) is 18.3 Å². The topological polar surface area (TPSA) is 82.2 Å². The van der Waals surface area contributed by atoms with E-state index in [9.17, 15) is 18.0 Å². The Bertz CT molecular complexity index is 997. The van der Waals surface area contributed by atoms with Crippen LogP contribution in [0.3, 0.4) is 0 Å². The molecule has 3 N–H and O–H groups in total. The lowest BCUT2D eigenvalue weighted by Gasteiger charge is -2.10. The van der Waals surface area contributed by atoms with Crippen molar-refractivity contribution in [1.82, 2.24) is 15.1 Å².